The van der Waals surface area contributed by atoms with Crippen LogP contribution in [0.25, 0.3) is 11.1 Å². The number of nitrogens with zero attached hydrogens (tertiary/aromatic N) is 1. The van der Waals surface area contributed by atoms with Gasteiger partial charge in [0.2, 0.25) is 0 Å². The first-order valence-corrected chi connectivity index (χ1v) is 5.29. The summed E-state index contributed by atoms with van der Waals surface area (Å²) >= 11 is 0. The number of aliphatic carboxylic acids is 1. The number of nitrogens with two attached hydrogens (primary N) is 1. The Balaban J connectivity index is 2.47. The van der Waals surface area contributed by atoms with Gasteiger partial charge in [-0.15, -0.1) is 0 Å². The molecule has 0 spiro atoms. The van der Waals surface area contributed by atoms with Gasteiger partial charge in [-0.25, -0.2) is 9.37 Å². The summed E-state index contributed by atoms with van der Waals surface area (Å²) in [5, 5.41) is 8.75. The fourth-order valence-electron chi connectivity index (χ4n) is 1.67. The van der Waals surface area contributed by atoms with Gasteiger partial charge in [-0.3, -0.25) is 4.79 Å². The average Bonchev–Trinajstić information content (AvgIpc) is 2.32. The molecule has 0 radical (unpaired) electrons. The van der Waals surface area contributed by atoms with E-state index in [1.54, 1.807) is 24.3 Å². The van der Waals surface area contributed by atoms with Crippen LogP contribution in [0.5, 0.6) is 0 Å². The van der Waals surface area contributed by atoms with Gasteiger partial charge in [-0.05, 0) is 12.1 Å². The molecule has 0 amide bonds. The van der Waals surface area contributed by atoms with Gasteiger partial charge < -0.3 is 10.8 Å². The van der Waals surface area contributed by atoms with E-state index >= 15 is 0 Å². The molecule has 4 nitrogen and oxygen atoms in total. The molecular weight excluding hydrogens is 235 g/mol. The Hall–Kier alpha value is -2.43. The first kappa shape index (κ1) is 12.0. The van der Waals surface area contributed by atoms with Crippen LogP contribution in [-0.2, 0) is 11.2 Å². The number of rotatable bonds is 3. The van der Waals surface area contributed by atoms with Gasteiger partial charge in [-0.2, -0.15) is 0 Å². The second kappa shape index (κ2) is 4.83. The number of aromatic nitrogens is 1. The third-order valence-electron chi connectivity index (χ3n) is 2.53. The maximum absolute atomic E-state index is 13.6. The lowest BCUT2D eigenvalue weighted by atomic mass is 10.0. The summed E-state index contributed by atoms with van der Waals surface area (Å²) < 4.78 is 13.6. The van der Waals surface area contributed by atoms with Crippen molar-refractivity contribution in [2.24, 2.45) is 0 Å². The van der Waals surface area contributed by atoms with Crippen molar-refractivity contribution < 1.29 is 14.3 Å². The topological polar surface area (TPSA) is 76.2 Å². The lowest BCUT2D eigenvalue weighted by molar-refractivity contribution is -0.136. The normalized spacial score (nSPS) is 10.3. The lowest BCUT2D eigenvalue weighted by Gasteiger charge is -2.07. The Morgan fingerprint density at radius 1 is 1.39 bits per heavy atom. The van der Waals surface area contributed by atoms with E-state index in [0.717, 1.165) is 0 Å². The molecule has 0 fully saturated rings. The molecule has 1 heterocycles. The third kappa shape index (κ3) is 2.45. The highest BCUT2D eigenvalue weighted by atomic mass is 19.1. The van der Waals surface area contributed by atoms with E-state index < -0.39 is 5.97 Å². The van der Waals surface area contributed by atoms with Crippen molar-refractivity contribution in [3.05, 3.63) is 47.9 Å². The molecule has 3 N–H and O–H groups in total. The Bertz CT molecular complexity index is 599. The summed E-state index contributed by atoms with van der Waals surface area (Å²) in [7, 11) is 0. The second-order valence-corrected chi connectivity index (χ2v) is 3.82. The molecule has 5 heteroatoms. The zero-order chi connectivity index (χ0) is 13.1. The van der Waals surface area contributed by atoms with Crippen molar-refractivity contribution in [1.29, 1.82) is 0 Å². The molecule has 2 rings (SSSR count). The summed E-state index contributed by atoms with van der Waals surface area (Å²) in [4.78, 5) is 14.6. The molecule has 92 valence electrons. The van der Waals surface area contributed by atoms with Crippen molar-refractivity contribution >= 4 is 11.8 Å². The molecule has 1 aromatic carbocycles. The highest BCUT2D eigenvalue weighted by molar-refractivity contribution is 5.74. The van der Waals surface area contributed by atoms with Gasteiger partial charge >= 0.3 is 5.97 Å². The molecule has 1 aromatic heterocycles. The number of carboxylic acids is 1. The summed E-state index contributed by atoms with van der Waals surface area (Å²) in [6, 6.07) is 7.78. The maximum Gasteiger partial charge on any atom is 0.307 e. The van der Waals surface area contributed by atoms with E-state index in [1.807, 2.05) is 0 Å². The van der Waals surface area contributed by atoms with E-state index in [-0.39, 0.29) is 18.1 Å². The van der Waals surface area contributed by atoms with Crippen LogP contribution in [-0.4, -0.2) is 16.1 Å². The highest BCUT2D eigenvalue weighted by Crippen LogP contribution is 2.24. The van der Waals surface area contributed by atoms with E-state index in [4.69, 9.17) is 10.8 Å². The average molecular weight is 246 g/mol. The molecule has 0 bridgehead atoms. The largest absolute Gasteiger partial charge is 0.481 e. The summed E-state index contributed by atoms with van der Waals surface area (Å²) in [6.07, 6.45) is 1.19. The predicted molar refractivity (Wildman–Crippen MR) is 65.4 cm³/mol. The fourth-order valence-corrected chi connectivity index (χ4v) is 1.67. The Labute approximate surface area is 103 Å². The third-order valence-corrected chi connectivity index (χ3v) is 2.53. The summed E-state index contributed by atoms with van der Waals surface area (Å²) in [5.74, 6) is -1.24. The number of carbonyl (C=O) groups is 1. The van der Waals surface area contributed by atoms with Crippen molar-refractivity contribution in [2.45, 2.75) is 6.42 Å². The molecule has 0 atom stereocenters. The van der Waals surface area contributed by atoms with Crippen LogP contribution in [0.1, 0.15) is 5.56 Å². The zero-order valence-corrected chi connectivity index (χ0v) is 9.43. The molecule has 0 unspecified atom stereocenters. The number of hydrogen-bond donors (Lipinski definition) is 2. The second-order valence-electron chi connectivity index (χ2n) is 3.82. The molecule has 2 aromatic rings. The van der Waals surface area contributed by atoms with E-state index in [9.17, 15) is 9.18 Å². The van der Waals surface area contributed by atoms with Crippen LogP contribution in [0, 0.1) is 5.82 Å². The van der Waals surface area contributed by atoms with Crippen LogP contribution in [0.2, 0.25) is 0 Å². The number of nitrogen functional groups attached to an aromatic ring is 1. The van der Waals surface area contributed by atoms with Crippen molar-refractivity contribution in [3.63, 3.8) is 0 Å². The number of carboxylic acid groups (broad SMARTS) is 1. The number of hydrogen-bond acceptors (Lipinski definition) is 3. The van der Waals surface area contributed by atoms with Gasteiger partial charge in [-0.1, -0.05) is 18.2 Å². The molecule has 0 aliphatic rings. The maximum atomic E-state index is 13.6. The van der Waals surface area contributed by atoms with Gasteiger partial charge in [0.05, 0.1) is 6.42 Å². The Kier molecular flexibility index (Phi) is 3.23. The molecule has 0 saturated carbocycles. The number of benzene rings is 1. The number of halogens is 1. The van der Waals surface area contributed by atoms with Gasteiger partial charge in [0.15, 0.2) is 0 Å². The highest BCUT2D eigenvalue weighted by Gasteiger charge is 2.10. The lowest BCUT2D eigenvalue weighted by Crippen LogP contribution is -2.05. The van der Waals surface area contributed by atoms with Crippen LogP contribution in [0.15, 0.2) is 36.5 Å². The quantitative estimate of drug-likeness (QED) is 0.869. The molecule has 0 aliphatic carbocycles. The molecule has 0 saturated heterocycles. The van der Waals surface area contributed by atoms with Gasteiger partial charge in [0.25, 0.3) is 0 Å². The molecule has 0 aliphatic heterocycles. The van der Waals surface area contributed by atoms with Gasteiger partial charge in [0.1, 0.15) is 11.6 Å². The smallest absolute Gasteiger partial charge is 0.307 e. The first-order chi connectivity index (χ1) is 8.58. The number of pyridine rings is 1. The van der Waals surface area contributed by atoms with Crippen LogP contribution in [0.3, 0.4) is 0 Å². The fraction of sp³-hybridized carbons (Fsp3) is 0.0769. The standard InChI is InChI=1S/C13H11FN2O2/c14-11-4-2-1-3-10(11)9-5-8(6-12(17)18)13(15)16-7-9/h1-5,7H,6H2,(H2,15,16)(H,17,18). The minimum atomic E-state index is -1.01. The Morgan fingerprint density at radius 3 is 2.78 bits per heavy atom. The van der Waals surface area contributed by atoms with Crippen LogP contribution < -0.4 is 5.73 Å². The molecular formula is C13H11FN2O2. The van der Waals surface area contributed by atoms with E-state index in [1.165, 1.54) is 12.3 Å². The molecule has 18 heavy (non-hydrogen) atoms. The van der Waals surface area contributed by atoms with Crippen LogP contribution >= 0.6 is 0 Å². The first-order valence-electron chi connectivity index (χ1n) is 5.29. The SMILES string of the molecule is Nc1ncc(-c2ccccc2F)cc1CC(=O)O. The van der Waals surface area contributed by atoms with Gasteiger partial charge in [0, 0.05) is 22.9 Å². The van der Waals surface area contributed by atoms with Crippen LogP contribution in [0.4, 0.5) is 10.2 Å². The van der Waals surface area contributed by atoms with E-state index in [0.29, 0.717) is 16.7 Å². The van der Waals surface area contributed by atoms with Crippen molar-refractivity contribution in [1.82, 2.24) is 4.98 Å². The minimum absolute atomic E-state index is 0.150. The number of anilines is 1. The minimum Gasteiger partial charge on any atom is -0.481 e. The van der Waals surface area contributed by atoms with Crippen molar-refractivity contribution in [3.8, 4) is 11.1 Å². The monoisotopic (exact) mass is 246 g/mol. The van der Waals surface area contributed by atoms with Crippen molar-refractivity contribution in [2.75, 3.05) is 5.73 Å². The van der Waals surface area contributed by atoms with E-state index in [2.05, 4.69) is 4.98 Å². The zero-order valence-electron chi connectivity index (χ0n) is 9.43. The summed E-state index contributed by atoms with van der Waals surface area (Å²) in [6.45, 7) is 0. The summed E-state index contributed by atoms with van der Waals surface area (Å²) in [5.41, 5.74) is 6.85. The predicted octanol–water partition coefficient (Wildman–Crippen LogP) is 2.10. The Morgan fingerprint density at radius 2 is 2.11 bits per heavy atom.